The molecule has 0 saturated carbocycles. The van der Waals surface area contributed by atoms with E-state index in [-0.39, 0.29) is 17.1 Å². The molecule has 0 heterocycles. The number of rotatable bonds is 7. The van der Waals surface area contributed by atoms with Gasteiger partial charge in [-0.05, 0) is 42.8 Å². The van der Waals surface area contributed by atoms with Gasteiger partial charge in [0.2, 0.25) is 15.9 Å². The maximum absolute atomic E-state index is 12.7. The lowest BCUT2D eigenvalue weighted by Crippen LogP contribution is -2.45. The molecule has 28 heavy (non-hydrogen) atoms. The number of amides is 1. The van der Waals surface area contributed by atoms with E-state index in [1.54, 1.807) is 24.3 Å². The van der Waals surface area contributed by atoms with Crippen LogP contribution in [0.15, 0.2) is 42.5 Å². The van der Waals surface area contributed by atoms with Gasteiger partial charge in [-0.25, -0.2) is 8.42 Å². The Morgan fingerprint density at radius 3 is 2.43 bits per heavy atom. The second kappa shape index (κ2) is 8.95. The van der Waals surface area contributed by atoms with Crippen LogP contribution in [-0.4, -0.2) is 33.7 Å². The van der Waals surface area contributed by atoms with Gasteiger partial charge >= 0.3 is 0 Å². The molecule has 0 saturated heterocycles. The minimum atomic E-state index is -3.77. The number of sulfonamides is 1. The number of carbonyl (C=O) groups is 1. The van der Waals surface area contributed by atoms with Gasteiger partial charge in [0.1, 0.15) is 11.8 Å². The number of halogens is 1. The van der Waals surface area contributed by atoms with Crippen molar-refractivity contribution in [2.24, 2.45) is 0 Å². The van der Waals surface area contributed by atoms with Crippen LogP contribution in [0.1, 0.15) is 12.5 Å². The summed E-state index contributed by atoms with van der Waals surface area (Å²) in [5, 5.41) is 11.6. The van der Waals surface area contributed by atoms with E-state index in [9.17, 15) is 13.2 Å². The number of hydrogen-bond donors (Lipinski definition) is 1. The number of ether oxygens (including phenoxy) is 1. The molecule has 0 fully saturated rings. The lowest BCUT2D eigenvalue weighted by atomic mass is 10.1. The van der Waals surface area contributed by atoms with Crippen molar-refractivity contribution in [3.8, 4) is 11.8 Å². The van der Waals surface area contributed by atoms with Crippen LogP contribution < -0.4 is 14.4 Å². The molecule has 0 aliphatic heterocycles. The summed E-state index contributed by atoms with van der Waals surface area (Å²) in [6, 6.07) is 12.3. The second-order valence-corrected chi connectivity index (χ2v) is 8.34. The molecule has 2 aromatic carbocycles. The van der Waals surface area contributed by atoms with Gasteiger partial charge in [0, 0.05) is 5.69 Å². The molecule has 2 rings (SSSR count). The Morgan fingerprint density at radius 2 is 1.93 bits per heavy atom. The maximum Gasteiger partial charge on any atom is 0.247 e. The fourth-order valence-electron chi connectivity index (χ4n) is 2.65. The van der Waals surface area contributed by atoms with Gasteiger partial charge < -0.3 is 10.1 Å². The first-order valence-electron chi connectivity index (χ1n) is 8.27. The summed E-state index contributed by atoms with van der Waals surface area (Å²) >= 11 is 6.11. The van der Waals surface area contributed by atoms with Crippen molar-refractivity contribution < 1.29 is 17.9 Å². The van der Waals surface area contributed by atoms with Crippen LogP contribution in [0.5, 0.6) is 5.75 Å². The predicted octanol–water partition coefficient (Wildman–Crippen LogP) is 3.21. The Morgan fingerprint density at radius 1 is 1.29 bits per heavy atom. The molecule has 0 unspecified atom stereocenters. The molecule has 0 aromatic heterocycles. The molecule has 7 nitrogen and oxygen atoms in total. The molecule has 9 heteroatoms. The monoisotopic (exact) mass is 421 g/mol. The summed E-state index contributed by atoms with van der Waals surface area (Å²) in [4.78, 5) is 12.7. The van der Waals surface area contributed by atoms with Crippen molar-refractivity contribution in [3.63, 3.8) is 0 Å². The predicted molar refractivity (Wildman–Crippen MR) is 109 cm³/mol. The zero-order valence-electron chi connectivity index (χ0n) is 15.6. The van der Waals surface area contributed by atoms with E-state index in [0.717, 1.165) is 16.1 Å². The quantitative estimate of drug-likeness (QED) is 0.739. The molecule has 0 radical (unpaired) electrons. The summed E-state index contributed by atoms with van der Waals surface area (Å²) in [5.41, 5.74) is 1.57. The fourth-order valence-corrected chi connectivity index (χ4v) is 4.06. The average Bonchev–Trinajstić information content (AvgIpc) is 2.62. The van der Waals surface area contributed by atoms with Crippen molar-refractivity contribution in [1.29, 1.82) is 5.26 Å². The number of anilines is 2. The molecule has 2 aromatic rings. The third kappa shape index (κ3) is 5.15. The van der Waals surface area contributed by atoms with Gasteiger partial charge in [-0.3, -0.25) is 9.10 Å². The zero-order chi connectivity index (χ0) is 20.9. The van der Waals surface area contributed by atoms with Crippen molar-refractivity contribution >= 4 is 38.9 Å². The molecule has 0 bridgehead atoms. The molecular weight excluding hydrogens is 402 g/mol. The van der Waals surface area contributed by atoms with Crippen LogP contribution in [0.4, 0.5) is 11.4 Å². The van der Waals surface area contributed by atoms with Gasteiger partial charge in [-0.15, -0.1) is 0 Å². The molecule has 1 amide bonds. The zero-order valence-corrected chi connectivity index (χ0v) is 17.2. The number of carbonyl (C=O) groups excluding carboxylic acids is 1. The standard InChI is InChI=1S/C19H20ClN3O4S/c1-13(19(24)22-15-6-4-14(5-7-15)10-11-21)23(28(3,25)26)16-8-9-18(27-2)17(20)12-16/h4-9,12-13H,10H2,1-3H3,(H,22,24)/t13-/m0/s1. The first kappa shape index (κ1) is 21.5. The van der Waals surface area contributed by atoms with Crippen LogP contribution in [0.25, 0.3) is 0 Å². The first-order chi connectivity index (χ1) is 13.2. The summed E-state index contributed by atoms with van der Waals surface area (Å²) in [5.74, 6) is -0.112. The number of nitrogens with zero attached hydrogens (tertiary/aromatic N) is 2. The van der Waals surface area contributed by atoms with Crippen molar-refractivity contribution in [3.05, 3.63) is 53.1 Å². The Hall–Kier alpha value is -2.76. The van der Waals surface area contributed by atoms with Crippen molar-refractivity contribution in [1.82, 2.24) is 0 Å². The maximum atomic E-state index is 12.7. The first-order valence-corrected chi connectivity index (χ1v) is 10.5. The highest BCUT2D eigenvalue weighted by Crippen LogP contribution is 2.31. The van der Waals surface area contributed by atoms with Crippen LogP contribution in [0.3, 0.4) is 0 Å². The van der Waals surface area contributed by atoms with E-state index in [0.29, 0.717) is 11.4 Å². The van der Waals surface area contributed by atoms with Crippen LogP contribution in [0.2, 0.25) is 5.02 Å². The van der Waals surface area contributed by atoms with E-state index >= 15 is 0 Å². The smallest absolute Gasteiger partial charge is 0.247 e. The normalized spacial score (nSPS) is 12.0. The minimum Gasteiger partial charge on any atom is -0.495 e. The second-order valence-electron chi connectivity index (χ2n) is 6.07. The van der Waals surface area contributed by atoms with Crippen molar-refractivity contribution in [2.75, 3.05) is 23.0 Å². The Kier molecular flexibility index (Phi) is 6.89. The van der Waals surface area contributed by atoms with Crippen LogP contribution in [0, 0.1) is 11.3 Å². The number of nitrogens with one attached hydrogen (secondary N) is 1. The third-order valence-electron chi connectivity index (χ3n) is 3.98. The molecule has 1 atom stereocenters. The highest BCUT2D eigenvalue weighted by molar-refractivity contribution is 7.92. The average molecular weight is 422 g/mol. The Labute approximate surface area is 169 Å². The largest absolute Gasteiger partial charge is 0.495 e. The van der Waals surface area contributed by atoms with Crippen LogP contribution >= 0.6 is 11.6 Å². The van der Waals surface area contributed by atoms with E-state index in [2.05, 4.69) is 5.32 Å². The Bertz CT molecular complexity index is 1000. The topological polar surface area (TPSA) is 99.5 Å². The third-order valence-corrected chi connectivity index (χ3v) is 5.52. The molecule has 148 valence electrons. The van der Waals surface area contributed by atoms with E-state index in [1.165, 1.54) is 32.2 Å². The molecule has 0 aliphatic rings. The van der Waals surface area contributed by atoms with Crippen molar-refractivity contribution in [2.45, 2.75) is 19.4 Å². The highest BCUT2D eigenvalue weighted by Gasteiger charge is 2.29. The minimum absolute atomic E-state index is 0.231. The number of nitriles is 1. The van der Waals surface area contributed by atoms with E-state index in [4.69, 9.17) is 21.6 Å². The number of benzene rings is 2. The molecule has 0 spiro atoms. The lowest BCUT2D eigenvalue weighted by Gasteiger charge is -2.28. The fraction of sp³-hybridized carbons (Fsp3) is 0.263. The molecule has 0 aliphatic carbocycles. The molecule has 1 N–H and O–H groups in total. The summed E-state index contributed by atoms with van der Waals surface area (Å²) in [6.07, 6.45) is 1.29. The van der Waals surface area contributed by atoms with Gasteiger partial charge in [-0.1, -0.05) is 23.7 Å². The Balaban J connectivity index is 2.27. The van der Waals surface area contributed by atoms with E-state index < -0.39 is 22.0 Å². The summed E-state index contributed by atoms with van der Waals surface area (Å²) < 4.78 is 30.8. The van der Waals surface area contributed by atoms with Gasteiger partial charge in [0.15, 0.2) is 0 Å². The van der Waals surface area contributed by atoms with Crippen LogP contribution in [-0.2, 0) is 21.2 Å². The number of methoxy groups -OCH3 is 1. The van der Waals surface area contributed by atoms with Gasteiger partial charge in [0.25, 0.3) is 0 Å². The SMILES string of the molecule is COc1ccc(N([C@@H](C)C(=O)Nc2ccc(CC#N)cc2)S(C)(=O)=O)cc1Cl. The summed E-state index contributed by atoms with van der Waals surface area (Å²) in [7, 11) is -2.32. The number of hydrogen-bond acceptors (Lipinski definition) is 5. The van der Waals surface area contributed by atoms with E-state index in [1.807, 2.05) is 6.07 Å². The van der Waals surface area contributed by atoms with Gasteiger partial charge in [0.05, 0.1) is 36.6 Å². The highest BCUT2D eigenvalue weighted by atomic mass is 35.5. The summed E-state index contributed by atoms with van der Waals surface area (Å²) in [6.45, 7) is 1.48. The molecular formula is C19H20ClN3O4S. The lowest BCUT2D eigenvalue weighted by molar-refractivity contribution is -0.116. The van der Waals surface area contributed by atoms with Gasteiger partial charge in [-0.2, -0.15) is 5.26 Å².